The number of fused-ring (bicyclic) bond motifs is 2. The lowest BCUT2D eigenvalue weighted by Crippen LogP contribution is -2.48. The van der Waals surface area contributed by atoms with Crippen molar-refractivity contribution in [1.82, 2.24) is 24.8 Å². The monoisotopic (exact) mass is 571 g/mol. The lowest BCUT2D eigenvalue weighted by molar-refractivity contribution is -0.136. The van der Waals surface area contributed by atoms with Crippen LogP contribution in [0.15, 0.2) is 18.3 Å². The van der Waals surface area contributed by atoms with Gasteiger partial charge in [-0.25, -0.2) is 0 Å². The number of carbonyl (C=O) groups excluding carboxylic acids is 1. The molecule has 0 spiro atoms. The molecule has 6 rings (SSSR count). The number of amides is 1. The van der Waals surface area contributed by atoms with E-state index in [2.05, 4.69) is 30.5 Å². The van der Waals surface area contributed by atoms with E-state index in [9.17, 15) is 18.0 Å². The van der Waals surface area contributed by atoms with Gasteiger partial charge in [-0.3, -0.25) is 4.79 Å². The molecule has 5 heterocycles. The van der Waals surface area contributed by atoms with Gasteiger partial charge in [0.15, 0.2) is 0 Å². The number of carbonyl (C=O) groups is 1. The zero-order valence-corrected chi connectivity index (χ0v) is 23.2. The fourth-order valence-corrected chi connectivity index (χ4v) is 6.29. The van der Waals surface area contributed by atoms with E-state index < -0.39 is 11.7 Å². The first kappa shape index (κ1) is 27.6. The lowest BCUT2D eigenvalue weighted by atomic mass is 9.98. The van der Waals surface area contributed by atoms with Crippen LogP contribution in [0.3, 0.4) is 0 Å². The molecule has 12 heteroatoms. The van der Waals surface area contributed by atoms with Crippen molar-refractivity contribution < 1.29 is 22.7 Å². The van der Waals surface area contributed by atoms with Gasteiger partial charge in [-0.05, 0) is 57.3 Å². The van der Waals surface area contributed by atoms with Crippen LogP contribution in [0.2, 0.25) is 0 Å². The highest BCUT2D eigenvalue weighted by Gasteiger charge is 2.36. The van der Waals surface area contributed by atoms with Crippen molar-refractivity contribution in [2.75, 3.05) is 50.0 Å². The molecule has 0 bridgehead atoms. The Morgan fingerprint density at radius 1 is 1.12 bits per heavy atom. The van der Waals surface area contributed by atoms with Crippen LogP contribution in [0.4, 0.5) is 30.6 Å². The van der Waals surface area contributed by atoms with Crippen LogP contribution in [0.25, 0.3) is 11.0 Å². The number of H-pyrrole nitrogens is 1. The Bertz CT molecular complexity index is 1410. The quantitative estimate of drug-likeness (QED) is 0.341. The minimum atomic E-state index is -4.54. The number of ether oxygens (including phenoxy) is 1. The molecule has 41 heavy (non-hydrogen) atoms. The fourth-order valence-electron chi connectivity index (χ4n) is 6.29. The largest absolute Gasteiger partial charge is 0.491 e. The average Bonchev–Trinajstić information content (AvgIpc) is 3.65. The maximum Gasteiger partial charge on any atom is 0.418 e. The SMILES string of the molecule is CCCNc1nc(Nc2ccc(C(=O)N3CCC(N4CCCCC4)CC3)c3c2OCC3)nc2[nH]cc(C(F)(F)F)c12. The minimum Gasteiger partial charge on any atom is -0.491 e. The van der Waals surface area contributed by atoms with Crippen molar-refractivity contribution in [2.24, 2.45) is 0 Å². The number of nitrogens with zero attached hydrogens (tertiary/aromatic N) is 4. The summed E-state index contributed by atoms with van der Waals surface area (Å²) in [6, 6.07) is 4.13. The number of piperidine rings is 2. The zero-order chi connectivity index (χ0) is 28.6. The summed E-state index contributed by atoms with van der Waals surface area (Å²) in [7, 11) is 0. The molecule has 3 aliphatic heterocycles. The number of nitrogens with one attached hydrogen (secondary N) is 3. The van der Waals surface area contributed by atoms with E-state index in [0.29, 0.717) is 49.0 Å². The Morgan fingerprint density at radius 3 is 2.63 bits per heavy atom. The number of hydrogen-bond acceptors (Lipinski definition) is 7. The average molecular weight is 572 g/mol. The smallest absolute Gasteiger partial charge is 0.418 e. The van der Waals surface area contributed by atoms with Crippen LogP contribution >= 0.6 is 0 Å². The Hall–Kier alpha value is -3.54. The Balaban J connectivity index is 1.22. The fraction of sp³-hybridized carbons (Fsp3) is 0.552. The first-order valence-electron chi connectivity index (χ1n) is 14.6. The normalized spacial score (nSPS) is 18.4. The van der Waals surface area contributed by atoms with Crippen LogP contribution in [0.1, 0.15) is 66.9 Å². The second kappa shape index (κ2) is 11.4. The summed E-state index contributed by atoms with van der Waals surface area (Å²) in [5.41, 5.74) is 1.31. The van der Waals surface area contributed by atoms with Gasteiger partial charge in [0, 0.05) is 49.4 Å². The van der Waals surface area contributed by atoms with Gasteiger partial charge in [-0.15, -0.1) is 0 Å². The van der Waals surface area contributed by atoms with E-state index in [1.54, 1.807) is 12.1 Å². The minimum absolute atomic E-state index is 0.0187. The van der Waals surface area contributed by atoms with E-state index in [0.717, 1.165) is 50.8 Å². The van der Waals surface area contributed by atoms with Gasteiger partial charge in [0.25, 0.3) is 5.91 Å². The van der Waals surface area contributed by atoms with Crippen molar-refractivity contribution in [3.05, 3.63) is 35.0 Å². The number of rotatable bonds is 7. The van der Waals surface area contributed by atoms with Crippen molar-refractivity contribution >= 4 is 34.4 Å². The van der Waals surface area contributed by atoms with Crippen LogP contribution < -0.4 is 15.4 Å². The van der Waals surface area contributed by atoms with E-state index in [1.807, 2.05) is 11.8 Å². The summed E-state index contributed by atoms with van der Waals surface area (Å²) in [4.78, 5) is 29.5. The van der Waals surface area contributed by atoms with Crippen LogP contribution in [0.5, 0.6) is 5.75 Å². The molecule has 3 aromatic rings. The van der Waals surface area contributed by atoms with Crippen molar-refractivity contribution in [3.8, 4) is 5.75 Å². The molecular formula is C29H36F3N7O2. The van der Waals surface area contributed by atoms with Crippen LogP contribution in [-0.2, 0) is 12.6 Å². The van der Waals surface area contributed by atoms with Gasteiger partial charge >= 0.3 is 6.18 Å². The lowest BCUT2D eigenvalue weighted by Gasteiger charge is -2.40. The summed E-state index contributed by atoms with van der Waals surface area (Å²) in [6.07, 6.45) is 3.52. The Kier molecular flexibility index (Phi) is 7.67. The maximum absolute atomic E-state index is 13.6. The molecule has 2 saturated heterocycles. The van der Waals surface area contributed by atoms with Crippen molar-refractivity contribution in [2.45, 2.75) is 64.1 Å². The van der Waals surface area contributed by atoms with E-state index in [1.165, 1.54) is 19.3 Å². The van der Waals surface area contributed by atoms with Gasteiger partial charge in [-0.1, -0.05) is 13.3 Å². The molecule has 0 atom stereocenters. The first-order chi connectivity index (χ1) is 19.8. The first-order valence-corrected chi connectivity index (χ1v) is 14.6. The number of benzene rings is 1. The molecule has 0 saturated carbocycles. The molecule has 3 N–H and O–H groups in total. The predicted octanol–water partition coefficient (Wildman–Crippen LogP) is 5.57. The maximum atomic E-state index is 13.6. The topological polar surface area (TPSA) is 98.4 Å². The molecule has 3 aliphatic rings. The summed E-state index contributed by atoms with van der Waals surface area (Å²) >= 11 is 0. The zero-order valence-electron chi connectivity index (χ0n) is 23.2. The third-order valence-corrected chi connectivity index (χ3v) is 8.37. The van der Waals surface area contributed by atoms with Crippen molar-refractivity contribution in [3.63, 3.8) is 0 Å². The summed E-state index contributed by atoms with van der Waals surface area (Å²) in [5.74, 6) is 0.812. The summed E-state index contributed by atoms with van der Waals surface area (Å²) in [5, 5.41) is 6.04. The van der Waals surface area contributed by atoms with Gasteiger partial charge in [-0.2, -0.15) is 23.1 Å². The highest BCUT2D eigenvalue weighted by Crippen LogP contribution is 2.40. The van der Waals surface area contributed by atoms with Gasteiger partial charge in [0.2, 0.25) is 5.95 Å². The molecule has 220 valence electrons. The standard InChI is InChI=1S/C29H36F3N7O2/c1-2-11-33-25-23-21(29(30,31)32)17-34-26(23)37-28(36-25)35-22-7-6-20(19-10-16-41-24(19)22)27(40)39-14-8-18(9-15-39)38-12-4-3-5-13-38/h6-7,17-18H,2-5,8-16H2,1H3,(H3,33,34,35,36,37). The number of anilines is 3. The third kappa shape index (κ3) is 5.53. The number of aromatic amines is 1. The van der Waals surface area contributed by atoms with Gasteiger partial charge in [0.1, 0.15) is 17.2 Å². The second-order valence-corrected chi connectivity index (χ2v) is 11.1. The molecular weight excluding hydrogens is 535 g/mol. The van der Waals surface area contributed by atoms with Crippen molar-refractivity contribution in [1.29, 1.82) is 0 Å². The number of likely N-dealkylation sites (tertiary alicyclic amines) is 2. The number of hydrogen-bond donors (Lipinski definition) is 3. The molecule has 2 fully saturated rings. The molecule has 0 radical (unpaired) electrons. The molecule has 0 unspecified atom stereocenters. The number of aromatic nitrogens is 3. The van der Waals surface area contributed by atoms with E-state index in [-0.39, 0.29) is 28.7 Å². The second-order valence-electron chi connectivity index (χ2n) is 11.1. The van der Waals surface area contributed by atoms with Gasteiger partial charge < -0.3 is 30.2 Å². The van der Waals surface area contributed by atoms with E-state index >= 15 is 0 Å². The molecule has 1 amide bonds. The molecule has 2 aromatic heterocycles. The highest BCUT2D eigenvalue weighted by molar-refractivity contribution is 5.98. The third-order valence-electron chi connectivity index (χ3n) is 8.37. The molecule has 0 aliphatic carbocycles. The van der Waals surface area contributed by atoms with Gasteiger partial charge in [0.05, 0.1) is 23.2 Å². The Morgan fingerprint density at radius 2 is 1.90 bits per heavy atom. The summed E-state index contributed by atoms with van der Waals surface area (Å²) in [6.45, 7) is 6.64. The Labute approximate surface area is 236 Å². The van der Waals surface area contributed by atoms with Crippen LogP contribution in [-0.4, -0.2) is 76.0 Å². The molecule has 9 nitrogen and oxygen atoms in total. The van der Waals surface area contributed by atoms with E-state index in [4.69, 9.17) is 4.74 Å². The number of alkyl halides is 3. The summed E-state index contributed by atoms with van der Waals surface area (Å²) < 4.78 is 46.8. The highest BCUT2D eigenvalue weighted by atomic mass is 19.4. The molecule has 1 aromatic carbocycles. The predicted molar refractivity (Wildman–Crippen MR) is 151 cm³/mol. The number of halogens is 3. The van der Waals surface area contributed by atoms with Crippen LogP contribution in [0, 0.1) is 0 Å².